The molecular weight excluding hydrogens is 265 g/mol. The zero-order valence-corrected chi connectivity index (χ0v) is 11.8. The van der Waals surface area contributed by atoms with Crippen molar-refractivity contribution in [1.29, 1.82) is 0 Å². The third kappa shape index (κ3) is 3.70. The van der Waals surface area contributed by atoms with E-state index < -0.39 is 0 Å². The molecule has 0 amide bonds. The monoisotopic (exact) mass is 283 g/mol. The molecule has 0 saturated heterocycles. The van der Waals surface area contributed by atoms with Gasteiger partial charge in [0.25, 0.3) is 0 Å². The number of ether oxygens (including phenoxy) is 1. The average molecular weight is 283 g/mol. The fourth-order valence-corrected chi connectivity index (χ4v) is 3.16. The highest BCUT2D eigenvalue weighted by atomic mass is 32.2. The number of hydrogen-bond acceptors (Lipinski definition) is 4. The van der Waals surface area contributed by atoms with E-state index in [4.69, 9.17) is 10.5 Å². The number of carbonyl (C=O) groups is 1. The predicted octanol–water partition coefficient (Wildman–Crippen LogP) is 2.72. The van der Waals surface area contributed by atoms with Crippen molar-refractivity contribution in [3.05, 3.63) is 29.6 Å². The molecule has 1 aliphatic carbocycles. The molecule has 1 aromatic rings. The van der Waals surface area contributed by atoms with Crippen molar-refractivity contribution in [1.82, 2.24) is 0 Å². The van der Waals surface area contributed by atoms with Crippen LogP contribution in [-0.2, 0) is 16.1 Å². The van der Waals surface area contributed by atoms with Crippen LogP contribution in [0, 0.1) is 11.2 Å². The lowest BCUT2D eigenvalue weighted by Crippen LogP contribution is -2.13. The summed E-state index contributed by atoms with van der Waals surface area (Å²) in [5.74, 6) is 0.333. The first-order chi connectivity index (χ1) is 9.08. The molecule has 0 heterocycles. The first-order valence-electron chi connectivity index (χ1n) is 6.27. The van der Waals surface area contributed by atoms with Gasteiger partial charge in [0.1, 0.15) is 5.82 Å². The van der Waals surface area contributed by atoms with Gasteiger partial charge in [-0.15, -0.1) is 11.8 Å². The minimum atomic E-state index is -0.234. The summed E-state index contributed by atoms with van der Waals surface area (Å²) in [5, 5.41) is 0. The Kier molecular flexibility index (Phi) is 4.47. The molecule has 3 nitrogen and oxygen atoms in total. The van der Waals surface area contributed by atoms with Crippen molar-refractivity contribution < 1.29 is 13.9 Å². The number of benzene rings is 1. The maximum atomic E-state index is 13.8. The van der Waals surface area contributed by atoms with Gasteiger partial charge >= 0.3 is 5.97 Å². The standard InChI is InChI=1S/C14H18FNO2S/c1-18-13(17)7-14(4-5-14)9-19-12-3-2-10(8-16)6-11(12)15/h2-3,6H,4-5,7-9,16H2,1H3. The molecule has 19 heavy (non-hydrogen) atoms. The first kappa shape index (κ1) is 14.3. The third-order valence-corrected chi connectivity index (χ3v) is 4.87. The van der Waals surface area contributed by atoms with Gasteiger partial charge in [0.2, 0.25) is 0 Å². The highest BCUT2D eigenvalue weighted by Crippen LogP contribution is 2.52. The zero-order valence-electron chi connectivity index (χ0n) is 10.9. The van der Waals surface area contributed by atoms with Gasteiger partial charge < -0.3 is 10.5 Å². The van der Waals surface area contributed by atoms with Gasteiger partial charge in [0.05, 0.1) is 13.5 Å². The molecule has 1 aliphatic rings. The second-order valence-electron chi connectivity index (χ2n) is 5.01. The summed E-state index contributed by atoms with van der Waals surface area (Å²) in [6.07, 6.45) is 2.45. The van der Waals surface area contributed by atoms with Crippen molar-refractivity contribution in [2.45, 2.75) is 30.7 Å². The lowest BCUT2D eigenvalue weighted by Gasteiger charge is -2.13. The first-order valence-corrected chi connectivity index (χ1v) is 7.25. The fourth-order valence-electron chi connectivity index (χ4n) is 1.95. The second kappa shape index (κ2) is 5.92. The molecule has 2 rings (SSSR count). The van der Waals surface area contributed by atoms with Crippen LogP contribution in [0.4, 0.5) is 4.39 Å². The highest BCUT2D eigenvalue weighted by molar-refractivity contribution is 7.99. The number of esters is 1. The number of carbonyl (C=O) groups excluding carboxylic acids is 1. The summed E-state index contributed by atoms with van der Waals surface area (Å²) in [5.41, 5.74) is 6.27. The van der Waals surface area contributed by atoms with Crippen LogP contribution in [0.2, 0.25) is 0 Å². The number of halogens is 1. The number of methoxy groups -OCH3 is 1. The molecule has 1 fully saturated rings. The summed E-state index contributed by atoms with van der Waals surface area (Å²) in [6, 6.07) is 5.07. The topological polar surface area (TPSA) is 52.3 Å². The van der Waals surface area contributed by atoms with Crippen LogP contribution in [-0.4, -0.2) is 18.8 Å². The van der Waals surface area contributed by atoms with E-state index in [1.165, 1.54) is 24.9 Å². The van der Waals surface area contributed by atoms with Crippen molar-refractivity contribution >= 4 is 17.7 Å². The molecule has 0 spiro atoms. The Hall–Kier alpha value is -1.07. The van der Waals surface area contributed by atoms with Crippen molar-refractivity contribution in [2.24, 2.45) is 11.1 Å². The van der Waals surface area contributed by atoms with E-state index in [1.54, 1.807) is 6.07 Å². The van der Waals surface area contributed by atoms with Crippen LogP contribution in [0.3, 0.4) is 0 Å². The molecule has 104 valence electrons. The van der Waals surface area contributed by atoms with Gasteiger partial charge in [0.15, 0.2) is 0 Å². The minimum Gasteiger partial charge on any atom is -0.469 e. The van der Waals surface area contributed by atoms with Crippen LogP contribution in [0.5, 0.6) is 0 Å². The van der Waals surface area contributed by atoms with E-state index >= 15 is 0 Å². The number of nitrogens with two attached hydrogens (primary N) is 1. The molecule has 2 N–H and O–H groups in total. The molecule has 0 radical (unpaired) electrons. The van der Waals surface area contributed by atoms with E-state index in [1.807, 2.05) is 6.07 Å². The Morgan fingerprint density at radius 3 is 2.79 bits per heavy atom. The third-order valence-electron chi connectivity index (χ3n) is 3.47. The Balaban J connectivity index is 1.94. The second-order valence-corrected chi connectivity index (χ2v) is 6.03. The molecule has 5 heteroatoms. The molecule has 0 unspecified atom stereocenters. The smallest absolute Gasteiger partial charge is 0.306 e. The molecule has 1 aromatic carbocycles. The summed E-state index contributed by atoms with van der Waals surface area (Å²) in [6.45, 7) is 0.341. The molecule has 1 saturated carbocycles. The van der Waals surface area contributed by atoms with Gasteiger partial charge in [-0.3, -0.25) is 4.79 Å². The maximum absolute atomic E-state index is 13.8. The van der Waals surface area contributed by atoms with Crippen LogP contribution in [0.1, 0.15) is 24.8 Å². The molecule has 0 aromatic heterocycles. The van der Waals surface area contributed by atoms with Gasteiger partial charge in [-0.05, 0) is 36.0 Å². The lowest BCUT2D eigenvalue weighted by molar-refractivity contribution is -0.141. The van der Waals surface area contributed by atoms with Crippen LogP contribution < -0.4 is 5.73 Å². The maximum Gasteiger partial charge on any atom is 0.306 e. The van der Waals surface area contributed by atoms with Gasteiger partial charge in [-0.2, -0.15) is 0 Å². The van der Waals surface area contributed by atoms with Gasteiger partial charge in [0, 0.05) is 17.2 Å². The van der Waals surface area contributed by atoms with Crippen molar-refractivity contribution in [3.8, 4) is 0 Å². The molecule has 0 aliphatic heterocycles. The van der Waals surface area contributed by atoms with E-state index in [2.05, 4.69) is 0 Å². The summed E-state index contributed by atoms with van der Waals surface area (Å²) in [7, 11) is 1.40. The van der Waals surface area contributed by atoms with E-state index in [-0.39, 0.29) is 17.2 Å². The minimum absolute atomic E-state index is 0.0107. The van der Waals surface area contributed by atoms with Crippen molar-refractivity contribution in [2.75, 3.05) is 12.9 Å². The summed E-state index contributed by atoms with van der Waals surface area (Å²) >= 11 is 1.46. The zero-order chi connectivity index (χ0) is 13.9. The van der Waals surface area contributed by atoms with Crippen molar-refractivity contribution in [3.63, 3.8) is 0 Å². The lowest BCUT2D eigenvalue weighted by atomic mass is 10.1. The summed E-state index contributed by atoms with van der Waals surface area (Å²) in [4.78, 5) is 11.9. The van der Waals surface area contributed by atoms with Gasteiger partial charge in [-0.25, -0.2) is 4.39 Å². The Bertz CT molecular complexity index is 475. The van der Waals surface area contributed by atoms with E-state index in [0.717, 1.165) is 24.2 Å². The quantitative estimate of drug-likeness (QED) is 0.644. The molecule has 0 bridgehead atoms. The van der Waals surface area contributed by atoms with E-state index in [9.17, 15) is 9.18 Å². The fraction of sp³-hybridized carbons (Fsp3) is 0.500. The van der Waals surface area contributed by atoms with E-state index in [0.29, 0.717) is 17.9 Å². The van der Waals surface area contributed by atoms with Crippen LogP contribution in [0.15, 0.2) is 23.1 Å². The largest absolute Gasteiger partial charge is 0.469 e. The normalized spacial score (nSPS) is 16.2. The van der Waals surface area contributed by atoms with Gasteiger partial charge in [-0.1, -0.05) is 6.07 Å². The van der Waals surface area contributed by atoms with Crippen LogP contribution in [0.25, 0.3) is 0 Å². The highest BCUT2D eigenvalue weighted by Gasteiger charge is 2.44. The Morgan fingerprint density at radius 2 is 2.26 bits per heavy atom. The Morgan fingerprint density at radius 1 is 1.53 bits per heavy atom. The number of rotatable bonds is 6. The predicted molar refractivity (Wildman–Crippen MR) is 73.3 cm³/mol. The summed E-state index contributed by atoms with van der Waals surface area (Å²) < 4.78 is 18.5. The van der Waals surface area contributed by atoms with Crippen LogP contribution >= 0.6 is 11.8 Å². The Labute approximate surface area is 116 Å². The average Bonchev–Trinajstić information content (AvgIpc) is 3.17. The number of hydrogen-bond donors (Lipinski definition) is 1. The molecule has 0 atom stereocenters. The number of thioether (sulfide) groups is 1. The SMILES string of the molecule is COC(=O)CC1(CSc2ccc(CN)cc2F)CC1. The molecular formula is C14H18FNO2S.